The van der Waals surface area contributed by atoms with Crippen molar-refractivity contribution in [2.75, 3.05) is 6.54 Å². The number of aliphatic hydroxyl groups is 1. The summed E-state index contributed by atoms with van der Waals surface area (Å²) < 4.78 is 0. The average molecular weight is 309 g/mol. The molecule has 0 unspecified atom stereocenters. The van der Waals surface area contributed by atoms with Crippen molar-refractivity contribution in [1.29, 1.82) is 0 Å². The highest BCUT2D eigenvalue weighted by Gasteiger charge is 2.32. The van der Waals surface area contributed by atoms with Gasteiger partial charge in [-0.1, -0.05) is 20.3 Å². The van der Waals surface area contributed by atoms with E-state index < -0.39 is 5.60 Å². The summed E-state index contributed by atoms with van der Waals surface area (Å²) in [6, 6.07) is 2.01. The molecule has 1 amide bonds. The molecule has 2 N–H and O–H groups in total. The van der Waals surface area contributed by atoms with E-state index >= 15 is 0 Å². The lowest BCUT2D eigenvalue weighted by atomic mass is 9.79. The fourth-order valence-corrected chi connectivity index (χ4v) is 3.95. The third-order valence-electron chi connectivity index (χ3n) is 4.55. The minimum Gasteiger partial charge on any atom is -0.388 e. The van der Waals surface area contributed by atoms with Crippen LogP contribution in [0.4, 0.5) is 0 Å². The number of hydrogen-bond acceptors (Lipinski definition) is 3. The summed E-state index contributed by atoms with van der Waals surface area (Å²) in [4.78, 5) is 14.2. The minimum absolute atomic E-state index is 0.0440. The summed E-state index contributed by atoms with van der Waals surface area (Å²) >= 11 is 1.55. The molecule has 1 saturated carbocycles. The van der Waals surface area contributed by atoms with Crippen LogP contribution in [0.2, 0.25) is 0 Å². The smallest absolute Gasteiger partial charge is 0.261 e. The highest BCUT2D eigenvalue weighted by atomic mass is 32.1. The van der Waals surface area contributed by atoms with Gasteiger partial charge in [0.25, 0.3) is 5.91 Å². The molecule has 1 aromatic heterocycles. The fraction of sp³-hybridized carbons (Fsp3) is 0.706. The molecule has 0 atom stereocenters. The molecular formula is C17H27NO2S. The van der Waals surface area contributed by atoms with Crippen molar-refractivity contribution in [3.05, 3.63) is 21.4 Å². The van der Waals surface area contributed by atoms with Crippen LogP contribution in [-0.2, 0) is 6.42 Å². The van der Waals surface area contributed by atoms with Crippen LogP contribution >= 0.6 is 11.3 Å². The van der Waals surface area contributed by atoms with Crippen molar-refractivity contribution >= 4 is 17.2 Å². The Hall–Kier alpha value is -0.870. The van der Waals surface area contributed by atoms with E-state index in [-0.39, 0.29) is 5.91 Å². The number of aryl methyl sites for hydroxylation is 2. The van der Waals surface area contributed by atoms with E-state index in [1.165, 1.54) is 10.4 Å². The van der Waals surface area contributed by atoms with E-state index in [1.807, 2.05) is 6.07 Å². The highest BCUT2D eigenvalue weighted by Crippen LogP contribution is 2.31. The molecule has 0 bridgehead atoms. The van der Waals surface area contributed by atoms with Gasteiger partial charge in [0, 0.05) is 11.4 Å². The van der Waals surface area contributed by atoms with Crippen molar-refractivity contribution in [3.63, 3.8) is 0 Å². The minimum atomic E-state index is -0.708. The molecule has 0 saturated heterocycles. The molecule has 2 rings (SSSR count). The topological polar surface area (TPSA) is 49.3 Å². The lowest BCUT2D eigenvalue weighted by Crippen LogP contribution is -2.45. The lowest BCUT2D eigenvalue weighted by Gasteiger charge is -2.34. The highest BCUT2D eigenvalue weighted by molar-refractivity contribution is 7.14. The van der Waals surface area contributed by atoms with Gasteiger partial charge in [-0.2, -0.15) is 0 Å². The monoisotopic (exact) mass is 309 g/mol. The number of nitrogens with one attached hydrogen (secondary N) is 1. The molecule has 3 nitrogen and oxygen atoms in total. The normalized spacial score (nSPS) is 25.8. The Balaban J connectivity index is 1.91. The van der Waals surface area contributed by atoms with E-state index in [2.05, 4.69) is 26.1 Å². The summed E-state index contributed by atoms with van der Waals surface area (Å²) in [7, 11) is 0. The van der Waals surface area contributed by atoms with Crippen molar-refractivity contribution in [2.45, 2.75) is 64.9 Å². The zero-order valence-corrected chi connectivity index (χ0v) is 14.2. The first-order valence-electron chi connectivity index (χ1n) is 8.03. The Morgan fingerprint density at radius 1 is 1.48 bits per heavy atom. The fourth-order valence-electron chi connectivity index (χ4n) is 2.96. The zero-order valence-electron chi connectivity index (χ0n) is 13.4. The van der Waals surface area contributed by atoms with Gasteiger partial charge in [-0.3, -0.25) is 4.79 Å². The predicted molar refractivity (Wildman–Crippen MR) is 88.0 cm³/mol. The van der Waals surface area contributed by atoms with Gasteiger partial charge in [-0.15, -0.1) is 11.3 Å². The molecule has 0 radical (unpaired) electrons. The second-order valence-electron chi connectivity index (χ2n) is 6.53. The van der Waals surface area contributed by atoms with Crippen LogP contribution in [0.5, 0.6) is 0 Å². The summed E-state index contributed by atoms with van der Waals surface area (Å²) in [6.07, 6.45) is 5.79. The summed E-state index contributed by atoms with van der Waals surface area (Å²) in [5, 5.41) is 13.4. The number of carbonyl (C=O) groups is 1. The Labute approximate surface area is 131 Å². The second-order valence-corrected chi connectivity index (χ2v) is 7.79. The number of rotatable bonds is 5. The molecule has 1 heterocycles. The van der Waals surface area contributed by atoms with Crippen LogP contribution in [0.15, 0.2) is 6.07 Å². The van der Waals surface area contributed by atoms with Crippen molar-refractivity contribution in [3.8, 4) is 0 Å². The Kier molecular flexibility index (Phi) is 5.44. The average Bonchev–Trinajstić information content (AvgIpc) is 2.82. The van der Waals surface area contributed by atoms with E-state index in [4.69, 9.17) is 0 Å². The van der Waals surface area contributed by atoms with Crippen molar-refractivity contribution in [2.24, 2.45) is 5.92 Å². The number of hydrogen-bond donors (Lipinski definition) is 2. The van der Waals surface area contributed by atoms with E-state index in [0.717, 1.165) is 43.4 Å². The molecule has 4 heteroatoms. The molecule has 1 aliphatic rings. The van der Waals surface area contributed by atoms with Gasteiger partial charge in [-0.05, 0) is 56.6 Å². The first-order chi connectivity index (χ1) is 9.93. The van der Waals surface area contributed by atoms with Gasteiger partial charge in [0.1, 0.15) is 0 Å². The van der Waals surface area contributed by atoms with E-state index in [0.29, 0.717) is 12.5 Å². The summed E-state index contributed by atoms with van der Waals surface area (Å²) in [6.45, 7) is 6.82. The van der Waals surface area contributed by atoms with E-state index in [1.54, 1.807) is 11.3 Å². The quantitative estimate of drug-likeness (QED) is 0.871. The molecular weight excluding hydrogens is 282 g/mol. The molecule has 1 fully saturated rings. The number of amides is 1. The van der Waals surface area contributed by atoms with Crippen LogP contribution in [-0.4, -0.2) is 23.2 Å². The maximum atomic E-state index is 12.3. The second kappa shape index (κ2) is 6.93. The Bertz CT molecular complexity index is 487. The van der Waals surface area contributed by atoms with Gasteiger partial charge in [0.2, 0.25) is 0 Å². The van der Waals surface area contributed by atoms with E-state index in [9.17, 15) is 9.90 Å². The first kappa shape index (κ1) is 16.5. The van der Waals surface area contributed by atoms with Gasteiger partial charge in [-0.25, -0.2) is 0 Å². The SMILES string of the molecule is CCCc1cc(C(=O)NCC2(O)CCC(C)CC2)sc1C. The number of carbonyl (C=O) groups excluding carboxylic acids is 1. The first-order valence-corrected chi connectivity index (χ1v) is 8.85. The molecule has 0 aromatic carbocycles. The van der Waals surface area contributed by atoms with Gasteiger partial charge in [0.05, 0.1) is 10.5 Å². The van der Waals surface area contributed by atoms with Crippen LogP contribution < -0.4 is 5.32 Å². The standard InChI is InChI=1S/C17H27NO2S/c1-4-5-14-10-15(21-13(14)3)16(19)18-11-17(20)8-6-12(2)7-9-17/h10,12,20H,4-9,11H2,1-3H3,(H,18,19). The third kappa shape index (κ3) is 4.30. The maximum Gasteiger partial charge on any atom is 0.261 e. The zero-order chi connectivity index (χ0) is 15.5. The summed E-state index contributed by atoms with van der Waals surface area (Å²) in [5.41, 5.74) is 0.568. The largest absolute Gasteiger partial charge is 0.388 e. The van der Waals surface area contributed by atoms with Gasteiger partial charge >= 0.3 is 0 Å². The third-order valence-corrected chi connectivity index (χ3v) is 5.64. The lowest BCUT2D eigenvalue weighted by molar-refractivity contribution is -0.00536. The Morgan fingerprint density at radius 2 is 2.14 bits per heavy atom. The van der Waals surface area contributed by atoms with Crippen molar-refractivity contribution < 1.29 is 9.90 Å². The van der Waals surface area contributed by atoms with Crippen molar-refractivity contribution in [1.82, 2.24) is 5.32 Å². The van der Waals surface area contributed by atoms with Crippen LogP contribution in [0.1, 0.15) is 66.1 Å². The molecule has 21 heavy (non-hydrogen) atoms. The molecule has 1 aliphatic carbocycles. The van der Waals surface area contributed by atoms with Crippen LogP contribution in [0.3, 0.4) is 0 Å². The molecule has 0 aliphatic heterocycles. The predicted octanol–water partition coefficient (Wildman–Crippen LogP) is 3.68. The number of thiophene rings is 1. The molecule has 1 aromatic rings. The van der Waals surface area contributed by atoms with Gasteiger partial charge < -0.3 is 10.4 Å². The van der Waals surface area contributed by atoms with Crippen LogP contribution in [0.25, 0.3) is 0 Å². The maximum absolute atomic E-state index is 12.3. The van der Waals surface area contributed by atoms with Gasteiger partial charge in [0.15, 0.2) is 0 Å². The molecule has 118 valence electrons. The summed E-state index contributed by atoms with van der Waals surface area (Å²) in [5.74, 6) is 0.648. The Morgan fingerprint density at radius 3 is 2.76 bits per heavy atom. The van der Waals surface area contributed by atoms with Crippen LogP contribution in [0, 0.1) is 12.8 Å². The molecule has 0 spiro atoms.